The molecule has 1 fully saturated rings. The third kappa shape index (κ3) is 2.35. The number of carbonyl (C=O) groups is 2. The van der Waals surface area contributed by atoms with Crippen molar-refractivity contribution in [1.82, 2.24) is 25.2 Å². The highest BCUT2D eigenvalue weighted by Gasteiger charge is 2.53. The Morgan fingerprint density at radius 3 is 2.60 bits per heavy atom. The van der Waals surface area contributed by atoms with Gasteiger partial charge in [-0.25, -0.2) is 4.79 Å². The number of rotatable bonds is 2. The fourth-order valence-electron chi connectivity index (χ4n) is 3.62. The molecule has 2 aliphatic rings. The molecule has 9 heteroatoms. The molecule has 25 heavy (non-hydrogen) atoms. The number of hydrogen-bond donors (Lipinski definition) is 3. The summed E-state index contributed by atoms with van der Waals surface area (Å²) >= 11 is 0. The van der Waals surface area contributed by atoms with Crippen LogP contribution in [0.4, 0.5) is 16.7 Å². The minimum Gasteiger partial charge on any atom is -0.368 e. The summed E-state index contributed by atoms with van der Waals surface area (Å²) in [6.07, 6.45) is 2.27. The summed E-state index contributed by atoms with van der Waals surface area (Å²) in [7, 11) is 0. The zero-order chi connectivity index (χ0) is 17.6. The van der Waals surface area contributed by atoms with Gasteiger partial charge in [-0.3, -0.25) is 9.69 Å². The van der Waals surface area contributed by atoms with Crippen molar-refractivity contribution in [2.75, 3.05) is 11.5 Å². The summed E-state index contributed by atoms with van der Waals surface area (Å²) in [5, 5.41) is 2.88. The van der Waals surface area contributed by atoms with Crippen LogP contribution in [0.3, 0.4) is 0 Å². The SMILES string of the molecule is Nc1nc(N)nc(CN2C(=O)N[C@@]3(CCCc4ccccc43)C2=O)n1. The van der Waals surface area contributed by atoms with E-state index >= 15 is 0 Å². The zero-order valence-electron chi connectivity index (χ0n) is 13.4. The summed E-state index contributed by atoms with van der Waals surface area (Å²) < 4.78 is 0. The molecule has 5 N–H and O–H groups in total. The van der Waals surface area contributed by atoms with Crippen LogP contribution in [0.15, 0.2) is 24.3 Å². The van der Waals surface area contributed by atoms with E-state index in [9.17, 15) is 9.59 Å². The number of anilines is 2. The van der Waals surface area contributed by atoms with Gasteiger partial charge in [-0.05, 0) is 30.4 Å². The van der Waals surface area contributed by atoms with Gasteiger partial charge < -0.3 is 16.8 Å². The molecule has 1 saturated heterocycles. The second-order valence-electron chi connectivity index (χ2n) is 6.21. The first-order valence-corrected chi connectivity index (χ1v) is 7.98. The topological polar surface area (TPSA) is 140 Å². The van der Waals surface area contributed by atoms with Crippen LogP contribution in [-0.2, 0) is 23.3 Å². The maximum Gasteiger partial charge on any atom is 0.325 e. The molecule has 1 spiro atoms. The van der Waals surface area contributed by atoms with Gasteiger partial charge in [-0.15, -0.1) is 0 Å². The van der Waals surface area contributed by atoms with Crippen LogP contribution < -0.4 is 16.8 Å². The second kappa shape index (κ2) is 5.40. The Labute approximate surface area is 143 Å². The van der Waals surface area contributed by atoms with Crippen molar-refractivity contribution >= 4 is 23.8 Å². The van der Waals surface area contributed by atoms with Gasteiger partial charge in [-0.2, -0.15) is 15.0 Å². The van der Waals surface area contributed by atoms with E-state index in [1.807, 2.05) is 24.3 Å². The third-order valence-electron chi connectivity index (χ3n) is 4.67. The van der Waals surface area contributed by atoms with Crippen LogP contribution in [0.25, 0.3) is 0 Å². The van der Waals surface area contributed by atoms with Crippen LogP contribution in [0.2, 0.25) is 0 Å². The lowest BCUT2D eigenvalue weighted by molar-refractivity contribution is -0.132. The molecular weight excluding hydrogens is 322 g/mol. The minimum absolute atomic E-state index is 0.0488. The molecule has 0 radical (unpaired) electrons. The average molecular weight is 339 g/mol. The first-order chi connectivity index (χ1) is 12.0. The number of urea groups is 1. The van der Waals surface area contributed by atoms with Crippen molar-refractivity contribution in [2.24, 2.45) is 0 Å². The first-order valence-electron chi connectivity index (χ1n) is 7.98. The normalized spacial score (nSPS) is 22.2. The Hall–Kier alpha value is -3.23. The summed E-state index contributed by atoms with van der Waals surface area (Å²) in [5.41, 5.74) is 12.0. The van der Waals surface area contributed by atoms with E-state index in [2.05, 4.69) is 20.3 Å². The number of aromatic nitrogens is 3. The molecule has 0 saturated carbocycles. The zero-order valence-corrected chi connectivity index (χ0v) is 13.4. The summed E-state index contributed by atoms with van der Waals surface area (Å²) in [5.74, 6) is -0.226. The van der Waals surface area contributed by atoms with Crippen LogP contribution in [-0.4, -0.2) is 31.8 Å². The molecule has 0 bridgehead atoms. The van der Waals surface area contributed by atoms with Gasteiger partial charge in [0.15, 0.2) is 5.82 Å². The number of nitrogens with zero attached hydrogens (tertiary/aromatic N) is 4. The number of hydrogen-bond acceptors (Lipinski definition) is 7. The van der Waals surface area contributed by atoms with E-state index in [4.69, 9.17) is 11.5 Å². The average Bonchev–Trinajstić information content (AvgIpc) is 2.79. The largest absolute Gasteiger partial charge is 0.368 e. The quantitative estimate of drug-likeness (QED) is 0.669. The number of fused-ring (bicyclic) bond motifs is 2. The van der Waals surface area contributed by atoms with Crippen molar-refractivity contribution in [3.05, 3.63) is 41.2 Å². The Kier molecular flexibility index (Phi) is 3.31. The van der Waals surface area contributed by atoms with E-state index in [1.165, 1.54) is 0 Å². The molecule has 9 nitrogen and oxygen atoms in total. The predicted molar refractivity (Wildman–Crippen MR) is 88.8 cm³/mol. The maximum atomic E-state index is 13.1. The Balaban J connectivity index is 1.70. The van der Waals surface area contributed by atoms with Gasteiger partial charge in [0.2, 0.25) is 11.9 Å². The summed E-state index contributed by atoms with van der Waals surface area (Å²) in [6.45, 7) is -0.106. The molecule has 0 unspecified atom stereocenters. The van der Waals surface area contributed by atoms with E-state index in [-0.39, 0.29) is 30.2 Å². The second-order valence-corrected chi connectivity index (χ2v) is 6.21. The number of nitrogens with one attached hydrogen (secondary N) is 1. The van der Waals surface area contributed by atoms with Crippen LogP contribution in [0, 0.1) is 0 Å². The van der Waals surface area contributed by atoms with Gasteiger partial charge in [0.25, 0.3) is 5.91 Å². The molecule has 1 aromatic carbocycles. The molecule has 4 rings (SSSR count). The fraction of sp³-hybridized carbons (Fsp3) is 0.312. The van der Waals surface area contributed by atoms with Crippen molar-refractivity contribution in [2.45, 2.75) is 31.3 Å². The van der Waals surface area contributed by atoms with E-state index < -0.39 is 11.6 Å². The highest BCUT2D eigenvalue weighted by atomic mass is 16.2. The number of nitrogens with two attached hydrogens (primary N) is 2. The minimum atomic E-state index is -1.02. The highest BCUT2D eigenvalue weighted by Crippen LogP contribution is 2.40. The predicted octanol–water partition coefficient (Wildman–Crippen LogP) is 0.320. The van der Waals surface area contributed by atoms with E-state index in [0.29, 0.717) is 6.42 Å². The fourth-order valence-corrected chi connectivity index (χ4v) is 3.62. The number of aryl methyl sites for hydroxylation is 1. The number of imide groups is 1. The molecule has 128 valence electrons. The van der Waals surface area contributed by atoms with Crippen molar-refractivity contribution in [3.8, 4) is 0 Å². The van der Waals surface area contributed by atoms with Gasteiger partial charge in [-0.1, -0.05) is 24.3 Å². The van der Waals surface area contributed by atoms with Crippen LogP contribution in [0.5, 0.6) is 0 Å². The lowest BCUT2D eigenvalue weighted by atomic mass is 9.76. The number of benzene rings is 1. The first kappa shape index (κ1) is 15.3. The molecule has 1 aliphatic heterocycles. The number of nitrogen functional groups attached to an aromatic ring is 2. The monoisotopic (exact) mass is 339 g/mol. The lowest BCUT2D eigenvalue weighted by Crippen LogP contribution is -2.46. The third-order valence-corrected chi connectivity index (χ3v) is 4.67. The number of carbonyl (C=O) groups excluding carboxylic acids is 2. The molecule has 2 aromatic rings. The smallest absolute Gasteiger partial charge is 0.325 e. The molecule has 2 heterocycles. The van der Waals surface area contributed by atoms with E-state index in [0.717, 1.165) is 28.9 Å². The Morgan fingerprint density at radius 1 is 1.12 bits per heavy atom. The van der Waals surface area contributed by atoms with Gasteiger partial charge in [0.05, 0.1) is 6.54 Å². The van der Waals surface area contributed by atoms with Gasteiger partial charge >= 0.3 is 6.03 Å². The lowest BCUT2D eigenvalue weighted by Gasteiger charge is -2.33. The standard InChI is InChI=1S/C16H17N7O2/c17-13-19-11(20-14(18)21-13)8-23-12(24)16(22-15(23)25)7-3-5-9-4-1-2-6-10(9)16/h1-2,4,6H,3,5,7-8H2,(H,22,25)(H4,17,18,19,20,21)/t16-/m1/s1. The molecule has 1 aromatic heterocycles. The maximum absolute atomic E-state index is 13.1. The summed E-state index contributed by atoms with van der Waals surface area (Å²) in [4.78, 5) is 38.3. The van der Waals surface area contributed by atoms with E-state index in [1.54, 1.807) is 0 Å². The Bertz CT molecular complexity index is 864. The van der Waals surface area contributed by atoms with Crippen molar-refractivity contribution in [1.29, 1.82) is 0 Å². The highest BCUT2D eigenvalue weighted by molar-refractivity contribution is 6.07. The molecule has 3 amide bonds. The van der Waals surface area contributed by atoms with Crippen LogP contribution >= 0.6 is 0 Å². The molecular formula is C16H17N7O2. The molecule has 1 atom stereocenters. The van der Waals surface area contributed by atoms with Crippen LogP contribution in [0.1, 0.15) is 29.8 Å². The van der Waals surface area contributed by atoms with Gasteiger partial charge in [0, 0.05) is 0 Å². The summed E-state index contributed by atoms with van der Waals surface area (Å²) in [6, 6.07) is 7.23. The van der Waals surface area contributed by atoms with Crippen molar-refractivity contribution in [3.63, 3.8) is 0 Å². The Morgan fingerprint density at radius 2 is 1.84 bits per heavy atom. The molecule has 1 aliphatic carbocycles. The number of amides is 3. The van der Waals surface area contributed by atoms with Gasteiger partial charge in [0.1, 0.15) is 5.54 Å². The van der Waals surface area contributed by atoms with Crippen molar-refractivity contribution < 1.29 is 9.59 Å².